The molecule has 2 saturated heterocycles. The van der Waals surface area contributed by atoms with Gasteiger partial charge in [-0.2, -0.15) is 0 Å². The molecule has 1 amide bonds. The molecule has 0 spiro atoms. The fourth-order valence-electron chi connectivity index (χ4n) is 4.38. The highest BCUT2D eigenvalue weighted by Crippen LogP contribution is 2.29. The molecule has 1 unspecified atom stereocenters. The van der Waals surface area contributed by atoms with Crippen LogP contribution in [0.15, 0.2) is 48.5 Å². The number of para-hydroxylation sites is 1. The van der Waals surface area contributed by atoms with E-state index >= 15 is 0 Å². The number of likely N-dealkylation sites (tertiary alicyclic amines) is 1. The molecule has 1 N–H and O–H groups in total. The largest absolute Gasteiger partial charge is 0.310 e. The third-order valence-corrected chi connectivity index (χ3v) is 6.22. The Balaban J connectivity index is 1.31. The van der Waals surface area contributed by atoms with Gasteiger partial charge in [0.2, 0.25) is 5.91 Å². The average Bonchev–Trinajstić information content (AvgIpc) is 2.72. The van der Waals surface area contributed by atoms with Crippen LogP contribution >= 0.6 is 11.6 Å². The molecule has 0 saturated carbocycles. The minimum absolute atomic E-state index is 0.117. The first-order valence-corrected chi connectivity index (χ1v) is 10.8. The molecule has 0 radical (unpaired) electrons. The van der Waals surface area contributed by atoms with E-state index in [2.05, 4.69) is 10.2 Å². The standard InChI is InChI=1S/C23H27ClFN3O/c24-20-7-1-2-9-22(20)28-12-4-8-21(23(28)29)26-19-10-13-27(14-11-19)16-17-5-3-6-18(25)15-17/h1-3,5-7,9,15,19,21,26H,4,8,10-14,16H2. The lowest BCUT2D eigenvalue weighted by molar-refractivity contribution is -0.122. The Morgan fingerprint density at radius 2 is 1.83 bits per heavy atom. The van der Waals surface area contributed by atoms with Gasteiger partial charge < -0.3 is 10.2 Å². The summed E-state index contributed by atoms with van der Waals surface area (Å²) in [6.07, 6.45) is 3.81. The van der Waals surface area contributed by atoms with E-state index in [4.69, 9.17) is 11.6 Å². The Morgan fingerprint density at radius 3 is 2.59 bits per heavy atom. The van der Waals surface area contributed by atoms with Crippen LogP contribution in [0.25, 0.3) is 0 Å². The van der Waals surface area contributed by atoms with Crippen molar-refractivity contribution in [3.8, 4) is 0 Å². The molecule has 0 aromatic heterocycles. The predicted molar refractivity (Wildman–Crippen MR) is 115 cm³/mol. The molecule has 2 aliphatic heterocycles. The highest BCUT2D eigenvalue weighted by atomic mass is 35.5. The summed E-state index contributed by atoms with van der Waals surface area (Å²) >= 11 is 6.31. The third-order valence-electron chi connectivity index (χ3n) is 5.90. The van der Waals surface area contributed by atoms with Gasteiger partial charge in [-0.25, -0.2) is 4.39 Å². The minimum atomic E-state index is -0.182. The molecule has 2 aliphatic rings. The summed E-state index contributed by atoms with van der Waals surface area (Å²) < 4.78 is 13.4. The van der Waals surface area contributed by atoms with Crippen LogP contribution in [0.4, 0.5) is 10.1 Å². The number of hydrogen-bond donors (Lipinski definition) is 1. The number of nitrogens with zero attached hydrogens (tertiary/aromatic N) is 2. The number of piperidine rings is 2. The summed E-state index contributed by atoms with van der Waals surface area (Å²) in [6, 6.07) is 14.5. The maximum atomic E-state index is 13.4. The van der Waals surface area contributed by atoms with Crippen LogP contribution in [-0.4, -0.2) is 42.5 Å². The van der Waals surface area contributed by atoms with Crippen molar-refractivity contribution in [2.75, 3.05) is 24.5 Å². The normalized spacial score (nSPS) is 21.5. The number of nitrogens with one attached hydrogen (secondary N) is 1. The lowest BCUT2D eigenvalue weighted by Crippen LogP contribution is -2.55. The number of rotatable bonds is 5. The van der Waals surface area contributed by atoms with Crippen LogP contribution in [0.1, 0.15) is 31.2 Å². The number of amides is 1. The fraction of sp³-hybridized carbons (Fsp3) is 0.435. The lowest BCUT2D eigenvalue weighted by atomic mass is 9.98. The van der Waals surface area contributed by atoms with E-state index in [1.54, 1.807) is 12.1 Å². The van der Waals surface area contributed by atoms with Crippen molar-refractivity contribution in [2.24, 2.45) is 0 Å². The number of carbonyl (C=O) groups is 1. The van der Waals surface area contributed by atoms with Gasteiger partial charge in [-0.05, 0) is 68.6 Å². The van der Waals surface area contributed by atoms with Gasteiger partial charge in [-0.1, -0.05) is 35.9 Å². The topological polar surface area (TPSA) is 35.6 Å². The quantitative estimate of drug-likeness (QED) is 0.793. The van der Waals surface area contributed by atoms with E-state index in [0.717, 1.165) is 56.6 Å². The molecule has 2 aromatic carbocycles. The SMILES string of the molecule is O=C1C(NC2CCN(Cc3cccc(F)c3)CC2)CCCN1c1ccccc1Cl. The number of anilines is 1. The highest BCUT2D eigenvalue weighted by Gasteiger charge is 2.32. The second-order valence-corrected chi connectivity index (χ2v) is 8.39. The van der Waals surface area contributed by atoms with Gasteiger partial charge in [-0.15, -0.1) is 0 Å². The van der Waals surface area contributed by atoms with Crippen molar-refractivity contribution in [3.63, 3.8) is 0 Å². The van der Waals surface area contributed by atoms with Crippen LogP contribution in [0, 0.1) is 5.82 Å². The summed E-state index contributed by atoms with van der Waals surface area (Å²) in [7, 11) is 0. The highest BCUT2D eigenvalue weighted by molar-refractivity contribution is 6.33. The Labute approximate surface area is 176 Å². The second kappa shape index (κ2) is 9.24. The molecule has 4 nitrogen and oxygen atoms in total. The van der Waals surface area contributed by atoms with E-state index in [1.165, 1.54) is 6.07 Å². The van der Waals surface area contributed by atoms with Gasteiger partial charge >= 0.3 is 0 Å². The molecule has 1 atom stereocenters. The fourth-order valence-corrected chi connectivity index (χ4v) is 4.61. The van der Waals surface area contributed by atoms with E-state index in [1.807, 2.05) is 35.2 Å². The number of hydrogen-bond acceptors (Lipinski definition) is 3. The van der Waals surface area contributed by atoms with Crippen LogP contribution in [-0.2, 0) is 11.3 Å². The summed E-state index contributed by atoms with van der Waals surface area (Å²) in [5.41, 5.74) is 1.81. The number of benzene rings is 2. The number of halogens is 2. The van der Waals surface area contributed by atoms with Gasteiger partial charge in [0.15, 0.2) is 0 Å². The van der Waals surface area contributed by atoms with Crippen molar-refractivity contribution in [3.05, 3.63) is 64.9 Å². The molecule has 6 heteroatoms. The van der Waals surface area contributed by atoms with Gasteiger partial charge in [0.05, 0.1) is 16.8 Å². The first kappa shape index (κ1) is 20.3. The molecule has 2 fully saturated rings. The van der Waals surface area contributed by atoms with Gasteiger partial charge in [0.1, 0.15) is 5.82 Å². The number of carbonyl (C=O) groups excluding carboxylic acids is 1. The van der Waals surface area contributed by atoms with Gasteiger partial charge in [-0.3, -0.25) is 9.69 Å². The monoisotopic (exact) mass is 415 g/mol. The Hall–Kier alpha value is -1.95. The van der Waals surface area contributed by atoms with Crippen LogP contribution in [0.5, 0.6) is 0 Å². The lowest BCUT2D eigenvalue weighted by Gasteiger charge is -2.38. The Kier molecular flexibility index (Phi) is 6.48. The molecule has 29 heavy (non-hydrogen) atoms. The third kappa shape index (κ3) is 4.97. The molecular formula is C23H27ClFN3O. The first-order chi connectivity index (χ1) is 14.1. The van der Waals surface area contributed by atoms with Gasteiger partial charge in [0.25, 0.3) is 0 Å². The van der Waals surface area contributed by atoms with Crippen LogP contribution in [0.3, 0.4) is 0 Å². The Morgan fingerprint density at radius 1 is 1.03 bits per heavy atom. The second-order valence-electron chi connectivity index (χ2n) is 7.98. The zero-order valence-electron chi connectivity index (χ0n) is 16.5. The maximum Gasteiger partial charge on any atom is 0.244 e. The summed E-state index contributed by atoms with van der Waals surface area (Å²) in [4.78, 5) is 17.2. The summed E-state index contributed by atoms with van der Waals surface area (Å²) in [5.74, 6) is -0.0653. The van der Waals surface area contributed by atoms with Crippen molar-refractivity contribution in [2.45, 2.75) is 44.3 Å². The van der Waals surface area contributed by atoms with Crippen molar-refractivity contribution >= 4 is 23.2 Å². The molecule has 154 valence electrons. The van der Waals surface area contributed by atoms with E-state index < -0.39 is 0 Å². The summed E-state index contributed by atoms with van der Waals surface area (Å²) in [6.45, 7) is 3.38. The van der Waals surface area contributed by atoms with Crippen LogP contribution < -0.4 is 10.2 Å². The zero-order valence-corrected chi connectivity index (χ0v) is 17.2. The average molecular weight is 416 g/mol. The maximum absolute atomic E-state index is 13.4. The molecule has 2 heterocycles. The molecule has 0 bridgehead atoms. The molecule has 0 aliphatic carbocycles. The van der Waals surface area contributed by atoms with Crippen molar-refractivity contribution in [1.29, 1.82) is 0 Å². The van der Waals surface area contributed by atoms with E-state index in [0.29, 0.717) is 17.6 Å². The zero-order chi connectivity index (χ0) is 20.2. The Bertz CT molecular complexity index is 854. The first-order valence-electron chi connectivity index (χ1n) is 10.4. The molecule has 4 rings (SSSR count). The smallest absolute Gasteiger partial charge is 0.244 e. The summed E-state index contributed by atoms with van der Waals surface area (Å²) in [5, 5.41) is 4.22. The van der Waals surface area contributed by atoms with Crippen molar-refractivity contribution in [1.82, 2.24) is 10.2 Å². The van der Waals surface area contributed by atoms with Crippen molar-refractivity contribution < 1.29 is 9.18 Å². The minimum Gasteiger partial charge on any atom is -0.310 e. The van der Waals surface area contributed by atoms with E-state index in [-0.39, 0.29) is 17.8 Å². The molecule has 2 aromatic rings. The van der Waals surface area contributed by atoms with Crippen LogP contribution in [0.2, 0.25) is 5.02 Å². The van der Waals surface area contributed by atoms with E-state index in [9.17, 15) is 9.18 Å². The predicted octanol–water partition coefficient (Wildman–Crippen LogP) is 4.23. The molecular weight excluding hydrogens is 389 g/mol. The van der Waals surface area contributed by atoms with Gasteiger partial charge in [0, 0.05) is 19.1 Å².